The van der Waals surface area contributed by atoms with Gasteiger partial charge in [-0.25, -0.2) is 4.39 Å². The first-order valence-electron chi connectivity index (χ1n) is 5.93. The van der Waals surface area contributed by atoms with E-state index in [9.17, 15) is 9.18 Å². The highest BCUT2D eigenvalue weighted by atomic mass is 35.5. The Morgan fingerprint density at radius 1 is 1.58 bits per heavy atom. The van der Waals surface area contributed by atoms with Gasteiger partial charge in [0.15, 0.2) is 11.6 Å². The van der Waals surface area contributed by atoms with Crippen molar-refractivity contribution in [3.63, 3.8) is 0 Å². The highest BCUT2D eigenvalue weighted by Crippen LogP contribution is 2.22. The molecule has 0 saturated carbocycles. The molecule has 2 rings (SSSR count). The van der Waals surface area contributed by atoms with Gasteiger partial charge in [-0.05, 0) is 26.0 Å². The molecule has 6 heteroatoms. The Morgan fingerprint density at radius 3 is 2.95 bits per heavy atom. The van der Waals surface area contributed by atoms with E-state index in [0.29, 0.717) is 6.61 Å². The number of ether oxygens (including phenoxy) is 2. The van der Waals surface area contributed by atoms with E-state index in [0.717, 1.165) is 0 Å². The first-order chi connectivity index (χ1) is 8.89. The fourth-order valence-electron chi connectivity index (χ4n) is 1.84. The van der Waals surface area contributed by atoms with Crippen LogP contribution >= 0.6 is 11.6 Å². The minimum Gasteiger partial charge on any atom is -0.349 e. The number of benzene rings is 1. The number of halogens is 2. The van der Waals surface area contributed by atoms with E-state index in [-0.39, 0.29) is 23.2 Å². The highest BCUT2D eigenvalue weighted by Gasteiger charge is 2.32. The second-order valence-electron chi connectivity index (χ2n) is 4.76. The van der Waals surface area contributed by atoms with Crippen LogP contribution in [0.4, 0.5) is 4.39 Å². The summed E-state index contributed by atoms with van der Waals surface area (Å²) in [6, 6.07) is 4.30. The average Bonchev–Trinajstić information content (AvgIpc) is 2.69. The lowest BCUT2D eigenvalue weighted by Gasteiger charge is -2.17. The molecule has 1 fully saturated rings. The first kappa shape index (κ1) is 14.2. The molecular weight excluding hydrogens is 273 g/mol. The van der Waals surface area contributed by atoms with Crippen molar-refractivity contribution in [2.45, 2.75) is 25.7 Å². The van der Waals surface area contributed by atoms with Crippen LogP contribution in [-0.2, 0) is 9.47 Å². The zero-order valence-corrected chi connectivity index (χ0v) is 11.5. The maximum atomic E-state index is 13.6. The molecule has 1 N–H and O–H groups in total. The van der Waals surface area contributed by atoms with Gasteiger partial charge in [0.25, 0.3) is 5.91 Å². The van der Waals surface area contributed by atoms with E-state index >= 15 is 0 Å². The lowest BCUT2D eigenvalue weighted by Crippen LogP contribution is -2.34. The number of hydrogen-bond donors (Lipinski definition) is 1. The Bertz CT molecular complexity index is 493. The molecule has 1 amide bonds. The number of carbonyl (C=O) groups is 1. The van der Waals surface area contributed by atoms with Gasteiger partial charge in [0.05, 0.1) is 17.2 Å². The monoisotopic (exact) mass is 287 g/mol. The summed E-state index contributed by atoms with van der Waals surface area (Å²) in [7, 11) is 0. The van der Waals surface area contributed by atoms with E-state index in [1.807, 2.05) is 0 Å². The van der Waals surface area contributed by atoms with Gasteiger partial charge in [-0.3, -0.25) is 4.79 Å². The molecule has 0 radical (unpaired) electrons. The summed E-state index contributed by atoms with van der Waals surface area (Å²) in [5, 5.41) is 2.53. The predicted octanol–water partition coefficient (Wildman–Crippen LogP) is 2.36. The Hall–Kier alpha value is -1.17. The minimum atomic E-state index is -0.717. The van der Waals surface area contributed by atoms with E-state index in [1.54, 1.807) is 13.8 Å². The van der Waals surface area contributed by atoms with Crippen molar-refractivity contribution in [1.82, 2.24) is 5.32 Å². The van der Waals surface area contributed by atoms with Gasteiger partial charge in [-0.1, -0.05) is 17.7 Å². The van der Waals surface area contributed by atoms with Gasteiger partial charge < -0.3 is 14.8 Å². The van der Waals surface area contributed by atoms with Gasteiger partial charge in [0.1, 0.15) is 6.10 Å². The topological polar surface area (TPSA) is 47.6 Å². The zero-order chi connectivity index (χ0) is 14.0. The largest absolute Gasteiger partial charge is 0.349 e. The smallest absolute Gasteiger partial charge is 0.254 e. The number of rotatable bonds is 3. The van der Waals surface area contributed by atoms with Crippen molar-refractivity contribution in [3.8, 4) is 0 Å². The molecule has 0 spiro atoms. The molecule has 4 nitrogen and oxygen atoms in total. The van der Waals surface area contributed by atoms with Gasteiger partial charge >= 0.3 is 0 Å². The molecule has 0 aliphatic carbocycles. The summed E-state index contributed by atoms with van der Waals surface area (Å²) in [6.45, 7) is 4.25. The molecule has 1 heterocycles. The van der Waals surface area contributed by atoms with E-state index in [1.165, 1.54) is 18.2 Å². The lowest BCUT2D eigenvalue weighted by molar-refractivity contribution is -0.137. The summed E-state index contributed by atoms with van der Waals surface area (Å²) >= 11 is 5.62. The third-order valence-corrected chi connectivity index (χ3v) is 3.05. The summed E-state index contributed by atoms with van der Waals surface area (Å²) in [4.78, 5) is 11.8. The standard InChI is InChI=1S/C13H15ClFNO3/c1-13(2)18-7-8(19-13)6-16-12(17)9-4-3-5-10(14)11(9)15/h3-5,8H,6-7H2,1-2H3,(H,16,17). The maximum Gasteiger partial charge on any atom is 0.254 e. The molecule has 1 aromatic rings. The molecule has 1 aliphatic heterocycles. The zero-order valence-electron chi connectivity index (χ0n) is 10.7. The van der Waals surface area contributed by atoms with Crippen molar-refractivity contribution < 1.29 is 18.7 Å². The van der Waals surface area contributed by atoms with Gasteiger partial charge in [0, 0.05) is 6.54 Å². The molecular formula is C13H15ClFNO3. The van der Waals surface area contributed by atoms with Crippen LogP contribution in [-0.4, -0.2) is 30.9 Å². The molecule has 1 unspecified atom stereocenters. The second kappa shape index (κ2) is 5.45. The fraction of sp³-hybridized carbons (Fsp3) is 0.462. The molecule has 0 aromatic heterocycles. The predicted molar refractivity (Wildman–Crippen MR) is 68.6 cm³/mol. The van der Waals surface area contributed by atoms with E-state index in [2.05, 4.69) is 5.32 Å². The lowest BCUT2D eigenvalue weighted by atomic mass is 10.2. The Labute approximate surface area is 115 Å². The first-order valence-corrected chi connectivity index (χ1v) is 6.31. The Balaban J connectivity index is 1.93. The van der Waals surface area contributed by atoms with Crippen molar-refractivity contribution >= 4 is 17.5 Å². The van der Waals surface area contributed by atoms with Crippen LogP contribution in [0, 0.1) is 5.82 Å². The van der Waals surface area contributed by atoms with Gasteiger partial charge in [-0.15, -0.1) is 0 Å². The third kappa shape index (κ3) is 3.43. The molecule has 0 bridgehead atoms. The summed E-state index contributed by atoms with van der Waals surface area (Å²) in [6.07, 6.45) is -0.235. The van der Waals surface area contributed by atoms with Crippen molar-refractivity contribution in [1.29, 1.82) is 0 Å². The van der Waals surface area contributed by atoms with Crippen molar-refractivity contribution in [3.05, 3.63) is 34.6 Å². The summed E-state index contributed by atoms with van der Waals surface area (Å²) < 4.78 is 24.5. The number of amides is 1. The third-order valence-electron chi connectivity index (χ3n) is 2.75. The SMILES string of the molecule is CC1(C)OCC(CNC(=O)c2cccc(Cl)c2F)O1. The van der Waals surface area contributed by atoms with E-state index in [4.69, 9.17) is 21.1 Å². The molecule has 1 atom stereocenters. The molecule has 19 heavy (non-hydrogen) atoms. The maximum absolute atomic E-state index is 13.6. The van der Waals surface area contributed by atoms with Crippen LogP contribution in [0.5, 0.6) is 0 Å². The molecule has 1 aliphatic rings. The second-order valence-corrected chi connectivity index (χ2v) is 5.17. The average molecular weight is 288 g/mol. The van der Waals surface area contributed by atoms with Crippen molar-refractivity contribution in [2.75, 3.05) is 13.2 Å². The summed E-state index contributed by atoms with van der Waals surface area (Å²) in [5.41, 5.74) is -0.0781. The van der Waals surface area contributed by atoms with Gasteiger partial charge in [-0.2, -0.15) is 0 Å². The Kier molecular flexibility index (Phi) is 4.08. The van der Waals surface area contributed by atoms with Crippen LogP contribution in [0.25, 0.3) is 0 Å². The molecule has 104 valence electrons. The van der Waals surface area contributed by atoms with Crippen LogP contribution in [0.2, 0.25) is 5.02 Å². The quantitative estimate of drug-likeness (QED) is 0.928. The Morgan fingerprint density at radius 2 is 2.32 bits per heavy atom. The van der Waals surface area contributed by atoms with Crippen LogP contribution < -0.4 is 5.32 Å². The van der Waals surface area contributed by atoms with Gasteiger partial charge in [0.2, 0.25) is 0 Å². The number of carbonyl (C=O) groups excluding carboxylic acids is 1. The summed E-state index contributed by atoms with van der Waals surface area (Å²) in [5.74, 6) is -1.88. The fourth-order valence-corrected chi connectivity index (χ4v) is 2.02. The molecule has 1 saturated heterocycles. The van der Waals surface area contributed by atoms with Crippen LogP contribution in [0.1, 0.15) is 24.2 Å². The minimum absolute atomic E-state index is 0.0748. The number of nitrogens with one attached hydrogen (secondary N) is 1. The normalized spacial score (nSPS) is 21.4. The van der Waals surface area contributed by atoms with Crippen LogP contribution in [0.3, 0.4) is 0 Å². The van der Waals surface area contributed by atoms with E-state index < -0.39 is 17.5 Å². The van der Waals surface area contributed by atoms with Crippen molar-refractivity contribution in [2.24, 2.45) is 0 Å². The molecule has 1 aromatic carbocycles. The van der Waals surface area contributed by atoms with Crippen LogP contribution in [0.15, 0.2) is 18.2 Å². The number of hydrogen-bond acceptors (Lipinski definition) is 3. The highest BCUT2D eigenvalue weighted by molar-refractivity contribution is 6.31.